The molecule has 1 aromatic heterocycles. The van der Waals surface area contributed by atoms with Crippen molar-refractivity contribution in [2.45, 2.75) is 20.5 Å². The molecule has 0 fully saturated rings. The molecular formula is C14H13I3N2O. The number of nitrogens with zero attached hydrogens (tertiary/aromatic N) is 1. The van der Waals surface area contributed by atoms with Crippen molar-refractivity contribution in [3.05, 3.63) is 45.9 Å². The number of rotatable bonds is 3. The minimum Gasteiger partial charge on any atom is -0.485 e. The number of pyridine rings is 1. The summed E-state index contributed by atoms with van der Waals surface area (Å²) in [5.41, 5.74) is 9.72. The fraction of sp³-hybridized carbons (Fsp3) is 0.214. The molecule has 106 valence electrons. The van der Waals surface area contributed by atoms with Crippen molar-refractivity contribution in [3.63, 3.8) is 0 Å². The highest BCUT2D eigenvalue weighted by molar-refractivity contribution is 14.1. The largest absolute Gasteiger partial charge is 0.485 e. The zero-order valence-electron chi connectivity index (χ0n) is 11.0. The van der Waals surface area contributed by atoms with Gasteiger partial charge < -0.3 is 10.5 Å². The number of aryl methyl sites for hydroxylation is 1. The summed E-state index contributed by atoms with van der Waals surface area (Å²) in [6, 6.07) is 4.20. The highest BCUT2D eigenvalue weighted by Gasteiger charge is 2.11. The van der Waals surface area contributed by atoms with Crippen molar-refractivity contribution < 1.29 is 4.74 Å². The van der Waals surface area contributed by atoms with E-state index in [1.54, 1.807) is 6.20 Å². The number of aromatic nitrogens is 1. The van der Waals surface area contributed by atoms with Crippen LogP contribution >= 0.6 is 67.8 Å². The van der Waals surface area contributed by atoms with E-state index in [-0.39, 0.29) is 0 Å². The standard InChI is InChI=1S/C14H13I3N2O/c1-7-5-19-12(8(2)13(7)18)6-20-14-10(16)3-9(15)4-11(14)17/h3-5H,6H2,1-2H3,(H2,18,19). The van der Waals surface area contributed by atoms with Crippen molar-refractivity contribution >= 4 is 73.5 Å². The summed E-state index contributed by atoms with van der Waals surface area (Å²) in [7, 11) is 0. The Morgan fingerprint density at radius 3 is 2.35 bits per heavy atom. The summed E-state index contributed by atoms with van der Waals surface area (Å²) < 4.78 is 9.37. The van der Waals surface area contributed by atoms with Gasteiger partial charge in [0.05, 0.1) is 12.8 Å². The number of hydrogen-bond acceptors (Lipinski definition) is 3. The van der Waals surface area contributed by atoms with Crippen LogP contribution in [0.25, 0.3) is 0 Å². The molecule has 0 spiro atoms. The maximum Gasteiger partial charge on any atom is 0.146 e. The molecule has 1 aromatic carbocycles. The number of benzene rings is 1. The SMILES string of the molecule is Cc1cnc(COc2c(I)cc(I)cc2I)c(C)c1N. The molecular weight excluding hydrogens is 593 g/mol. The van der Waals surface area contributed by atoms with E-state index in [0.29, 0.717) is 6.61 Å². The van der Waals surface area contributed by atoms with E-state index in [1.165, 1.54) is 3.57 Å². The summed E-state index contributed by atoms with van der Waals surface area (Å²) in [4.78, 5) is 4.42. The summed E-state index contributed by atoms with van der Waals surface area (Å²) in [5, 5.41) is 0. The number of hydrogen-bond donors (Lipinski definition) is 1. The van der Waals surface area contributed by atoms with E-state index in [2.05, 4.69) is 84.9 Å². The Morgan fingerprint density at radius 2 is 1.75 bits per heavy atom. The van der Waals surface area contributed by atoms with Crippen LogP contribution in [0, 0.1) is 24.6 Å². The van der Waals surface area contributed by atoms with E-state index in [9.17, 15) is 0 Å². The maximum atomic E-state index is 6.03. The average Bonchev–Trinajstić information content (AvgIpc) is 2.37. The molecule has 0 radical (unpaired) electrons. The van der Waals surface area contributed by atoms with Crippen molar-refractivity contribution in [2.75, 3.05) is 5.73 Å². The van der Waals surface area contributed by atoms with Crippen LogP contribution in [0.15, 0.2) is 18.3 Å². The zero-order valence-corrected chi connectivity index (χ0v) is 17.5. The lowest BCUT2D eigenvalue weighted by molar-refractivity contribution is 0.296. The van der Waals surface area contributed by atoms with Gasteiger partial charge in [-0.15, -0.1) is 0 Å². The minimum atomic E-state index is 0.433. The van der Waals surface area contributed by atoms with Gasteiger partial charge in [0, 0.05) is 15.5 Å². The summed E-state index contributed by atoms with van der Waals surface area (Å²) in [6.45, 7) is 4.38. The van der Waals surface area contributed by atoms with Gasteiger partial charge in [0.2, 0.25) is 0 Å². The lowest BCUT2D eigenvalue weighted by Crippen LogP contribution is -2.06. The molecule has 0 amide bonds. The average molecular weight is 606 g/mol. The van der Waals surface area contributed by atoms with Crippen LogP contribution in [0.1, 0.15) is 16.8 Å². The van der Waals surface area contributed by atoms with Gasteiger partial charge in [-0.25, -0.2) is 0 Å². The van der Waals surface area contributed by atoms with Gasteiger partial charge in [0.25, 0.3) is 0 Å². The lowest BCUT2D eigenvalue weighted by Gasteiger charge is -2.13. The highest BCUT2D eigenvalue weighted by atomic mass is 127. The molecule has 0 saturated carbocycles. The van der Waals surface area contributed by atoms with Crippen LogP contribution in [0.5, 0.6) is 5.75 Å². The Morgan fingerprint density at radius 1 is 1.15 bits per heavy atom. The Bertz CT molecular complexity index is 636. The van der Waals surface area contributed by atoms with E-state index in [1.807, 2.05) is 13.8 Å². The first-order chi connectivity index (χ1) is 9.40. The van der Waals surface area contributed by atoms with Gasteiger partial charge in [-0.3, -0.25) is 4.98 Å². The smallest absolute Gasteiger partial charge is 0.146 e. The molecule has 2 N–H and O–H groups in total. The molecule has 0 unspecified atom stereocenters. The molecule has 2 rings (SSSR count). The van der Waals surface area contributed by atoms with Crippen LogP contribution in [-0.4, -0.2) is 4.98 Å². The van der Waals surface area contributed by atoms with E-state index in [4.69, 9.17) is 10.5 Å². The van der Waals surface area contributed by atoms with Crippen molar-refractivity contribution in [2.24, 2.45) is 0 Å². The number of ether oxygens (including phenoxy) is 1. The Hall–Kier alpha value is 0.160. The van der Waals surface area contributed by atoms with Crippen LogP contribution in [0.4, 0.5) is 5.69 Å². The van der Waals surface area contributed by atoms with Crippen molar-refractivity contribution in [3.8, 4) is 5.75 Å². The van der Waals surface area contributed by atoms with Gasteiger partial charge >= 0.3 is 0 Å². The molecule has 6 heteroatoms. The highest BCUT2D eigenvalue weighted by Crippen LogP contribution is 2.30. The monoisotopic (exact) mass is 606 g/mol. The minimum absolute atomic E-state index is 0.433. The van der Waals surface area contributed by atoms with Gasteiger partial charge in [-0.05, 0) is 105 Å². The molecule has 0 bridgehead atoms. The first kappa shape index (κ1) is 16.5. The van der Waals surface area contributed by atoms with Gasteiger partial charge in [-0.1, -0.05) is 0 Å². The van der Waals surface area contributed by atoms with Gasteiger partial charge in [0.15, 0.2) is 0 Å². The quantitative estimate of drug-likeness (QED) is 0.518. The van der Waals surface area contributed by atoms with Crippen LogP contribution in [-0.2, 0) is 6.61 Å². The first-order valence-electron chi connectivity index (χ1n) is 5.88. The van der Waals surface area contributed by atoms with Crippen LogP contribution in [0.3, 0.4) is 0 Å². The molecule has 0 aliphatic heterocycles. The number of nitrogens with two attached hydrogens (primary N) is 1. The topological polar surface area (TPSA) is 48.1 Å². The summed E-state index contributed by atoms with van der Waals surface area (Å²) in [6.07, 6.45) is 1.80. The molecule has 3 nitrogen and oxygen atoms in total. The third-order valence-corrected chi connectivity index (χ3v) is 5.22. The molecule has 20 heavy (non-hydrogen) atoms. The zero-order chi connectivity index (χ0) is 14.9. The second kappa shape index (κ2) is 6.95. The normalized spacial score (nSPS) is 10.7. The van der Waals surface area contributed by atoms with E-state index < -0.39 is 0 Å². The Balaban J connectivity index is 2.24. The molecule has 0 aliphatic carbocycles. The second-order valence-electron chi connectivity index (χ2n) is 4.41. The number of nitrogen functional groups attached to an aromatic ring is 1. The molecule has 1 heterocycles. The van der Waals surface area contributed by atoms with Gasteiger partial charge in [0.1, 0.15) is 12.4 Å². The first-order valence-corrected chi connectivity index (χ1v) is 9.11. The van der Waals surface area contributed by atoms with E-state index >= 15 is 0 Å². The molecule has 0 saturated heterocycles. The lowest BCUT2D eigenvalue weighted by atomic mass is 10.1. The van der Waals surface area contributed by atoms with Gasteiger partial charge in [-0.2, -0.15) is 0 Å². The summed E-state index contributed by atoms with van der Waals surface area (Å²) >= 11 is 6.90. The Kier molecular flexibility index (Phi) is 5.74. The maximum absolute atomic E-state index is 6.03. The fourth-order valence-electron chi connectivity index (χ4n) is 1.75. The molecule has 2 aromatic rings. The predicted molar refractivity (Wildman–Crippen MR) is 107 cm³/mol. The van der Waals surface area contributed by atoms with E-state index in [0.717, 1.165) is 35.4 Å². The van der Waals surface area contributed by atoms with Crippen LogP contribution in [0.2, 0.25) is 0 Å². The number of halogens is 3. The fourth-order valence-corrected chi connectivity index (χ4v) is 5.64. The predicted octanol–water partition coefficient (Wildman–Crippen LogP) is 4.67. The second-order valence-corrected chi connectivity index (χ2v) is 7.98. The molecule has 0 aliphatic rings. The third-order valence-electron chi connectivity index (χ3n) is 2.99. The molecule has 0 atom stereocenters. The van der Waals surface area contributed by atoms with Crippen molar-refractivity contribution in [1.29, 1.82) is 0 Å². The number of anilines is 1. The van der Waals surface area contributed by atoms with Crippen LogP contribution < -0.4 is 10.5 Å². The third kappa shape index (κ3) is 3.67. The Labute approximate surface area is 159 Å². The van der Waals surface area contributed by atoms with Crippen molar-refractivity contribution in [1.82, 2.24) is 4.98 Å². The summed E-state index contributed by atoms with van der Waals surface area (Å²) in [5.74, 6) is 0.909.